The van der Waals surface area contributed by atoms with Gasteiger partial charge in [0.25, 0.3) is 0 Å². The fourth-order valence-electron chi connectivity index (χ4n) is 6.99. The van der Waals surface area contributed by atoms with Crippen LogP contribution in [0.5, 0.6) is 0 Å². The van der Waals surface area contributed by atoms with Crippen LogP contribution in [0.4, 0.5) is 13.2 Å². The van der Waals surface area contributed by atoms with Crippen LogP contribution in [0.25, 0.3) is 16.6 Å². The summed E-state index contributed by atoms with van der Waals surface area (Å²) in [7, 11) is 0. The minimum absolute atomic E-state index is 0.525. The van der Waals surface area contributed by atoms with E-state index in [1.807, 2.05) is 41.2 Å². The maximum absolute atomic E-state index is 13.5. The lowest BCUT2D eigenvalue weighted by Gasteiger charge is -2.41. The van der Waals surface area contributed by atoms with Gasteiger partial charge in [-0.05, 0) is 79.6 Å². The largest absolute Gasteiger partial charge is 0.416 e. The molecule has 4 aromatic rings. The lowest BCUT2D eigenvalue weighted by molar-refractivity contribution is -0.137. The molecule has 0 amide bonds. The number of hydrogen-bond donors (Lipinski definition) is 0. The van der Waals surface area contributed by atoms with Gasteiger partial charge in [0.15, 0.2) is 0 Å². The summed E-state index contributed by atoms with van der Waals surface area (Å²) in [6.07, 6.45) is 10.6. The molecule has 2 aromatic heterocycles. The maximum Gasteiger partial charge on any atom is 0.416 e. The summed E-state index contributed by atoms with van der Waals surface area (Å²) in [5.74, 6) is 0.596. The molecule has 2 fully saturated rings. The number of aromatic nitrogens is 2. The van der Waals surface area contributed by atoms with Crippen molar-refractivity contribution >= 4 is 10.9 Å². The van der Waals surface area contributed by atoms with Crippen molar-refractivity contribution in [3.05, 3.63) is 95.9 Å². The van der Waals surface area contributed by atoms with Crippen molar-refractivity contribution in [2.24, 2.45) is 5.92 Å². The predicted molar refractivity (Wildman–Crippen MR) is 158 cm³/mol. The fourth-order valence-corrected chi connectivity index (χ4v) is 6.99. The first kappa shape index (κ1) is 28.0. The number of hydrogen-bond acceptors (Lipinski definition) is 3. The minimum Gasteiger partial charge on any atom is -0.316 e. The maximum atomic E-state index is 13.5. The van der Waals surface area contributed by atoms with E-state index in [1.165, 1.54) is 69.2 Å². The molecule has 4 nitrogen and oxygen atoms in total. The Balaban J connectivity index is 1.28. The smallest absolute Gasteiger partial charge is 0.316 e. The Kier molecular flexibility index (Phi) is 8.45. The molecule has 1 saturated heterocycles. The van der Waals surface area contributed by atoms with Gasteiger partial charge in [-0.3, -0.25) is 9.88 Å². The summed E-state index contributed by atoms with van der Waals surface area (Å²) < 4.78 is 42.5. The molecule has 1 aliphatic carbocycles. The van der Waals surface area contributed by atoms with Crippen LogP contribution in [0.3, 0.4) is 0 Å². The molecule has 216 valence electrons. The van der Waals surface area contributed by atoms with E-state index in [1.54, 1.807) is 12.3 Å². The van der Waals surface area contributed by atoms with Crippen molar-refractivity contribution < 1.29 is 13.2 Å². The number of fused-ring (bicyclic) bond motifs is 1. The zero-order valence-electron chi connectivity index (χ0n) is 23.6. The first-order valence-electron chi connectivity index (χ1n) is 15.1. The number of benzene rings is 2. The highest BCUT2D eigenvalue weighted by atomic mass is 19.4. The molecule has 2 aromatic carbocycles. The molecular formula is C34H39F3N4. The van der Waals surface area contributed by atoms with Gasteiger partial charge in [0, 0.05) is 61.9 Å². The van der Waals surface area contributed by atoms with E-state index < -0.39 is 11.7 Å². The van der Waals surface area contributed by atoms with E-state index in [4.69, 9.17) is 0 Å². The van der Waals surface area contributed by atoms with Gasteiger partial charge >= 0.3 is 6.18 Å². The lowest BCUT2D eigenvalue weighted by Crippen LogP contribution is -2.46. The molecule has 7 heteroatoms. The van der Waals surface area contributed by atoms with E-state index in [0.29, 0.717) is 11.6 Å². The minimum atomic E-state index is -4.38. The van der Waals surface area contributed by atoms with Gasteiger partial charge < -0.3 is 9.47 Å². The molecule has 1 aliphatic heterocycles. The van der Waals surface area contributed by atoms with Crippen molar-refractivity contribution in [1.82, 2.24) is 19.4 Å². The van der Waals surface area contributed by atoms with Crippen LogP contribution in [0.15, 0.2) is 79.3 Å². The van der Waals surface area contributed by atoms with Crippen LogP contribution in [0, 0.1) is 5.92 Å². The monoisotopic (exact) mass is 560 g/mol. The standard InChI is InChI=1S/C34H39F3N4/c35-34(36,37)29-11-6-14-31(19-29)41-25-28(32-15-4-5-16-33(32)41)24-39(21-26-9-7-17-38-20-26)22-27-10-8-18-40(23-27)30-12-2-1-3-13-30/h4-7,9,11,14-17,19-20,25,27,30H,1-3,8,10,12-13,18,21-24H2. The Morgan fingerprint density at radius 2 is 1.73 bits per heavy atom. The third-order valence-electron chi connectivity index (χ3n) is 8.93. The Morgan fingerprint density at radius 3 is 2.54 bits per heavy atom. The van der Waals surface area contributed by atoms with Gasteiger partial charge in [-0.2, -0.15) is 13.2 Å². The molecule has 0 N–H and O–H groups in total. The summed E-state index contributed by atoms with van der Waals surface area (Å²) in [6.45, 7) is 4.87. The van der Waals surface area contributed by atoms with Gasteiger partial charge in [0.1, 0.15) is 0 Å². The van der Waals surface area contributed by atoms with Crippen molar-refractivity contribution in [3.8, 4) is 5.69 Å². The Morgan fingerprint density at radius 1 is 0.878 bits per heavy atom. The zero-order valence-corrected chi connectivity index (χ0v) is 23.6. The van der Waals surface area contributed by atoms with Crippen molar-refractivity contribution in [2.45, 2.75) is 70.3 Å². The molecule has 3 heterocycles. The van der Waals surface area contributed by atoms with Gasteiger partial charge in [-0.25, -0.2) is 0 Å². The summed E-state index contributed by atoms with van der Waals surface area (Å²) >= 11 is 0. The number of para-hydroxylation sites is 1. The van der Waals surface area contributed by atoms with Crippen molar-refractivity contribution in [2.75, 3.05) is 19.6 Å². The number of rotatable bonds is 8. The summed E-state index contributed by atoms with van der Waals surface area (Å²) in [5, 5.41) is 1.08. The third-order valence-corrected chi connectivity index (χ3v) is 8.93. The second-order valence-electron chi connectivity index (χ2n) is 11.9. The third kappa shape index (κ3) is 6.68. The van der Waals surface area contributed by atoms with Crippen molar-refractivity contribution in [3.63, 3.8) is 0 Å². The number of alkyl halides is 3. The summed E-state index contributed by atoms with van der Waals surface area (Å²) in [5.41, 5.74) is 3.11. The molecule has 1 unspecified atom stereocenters. The van der Waals surface area contributed by atoms with Gasteiger partial charge in [-0.15, -0.1) is 0 Å². The number of halogens is 3. The zero-order chi connectivity index (χ0) is 28.2. The van der Waals surface area contributed by atoms with Gasteiger partial charge in [0.2, 0.25) is 0 Å². The number of pyridine rings is 1. The molecule has 1 saturated carbocycles. The molecule has 6 rings (SSSR count). The van der Waals surface area contributed by atoms with Gasteiger partial charge in [-0.1, -0.05) is 49.6 Å². The molecule has 0 radical (unpaired) electrons. The van der Waals surface area contributed by atoms with Crippen LogP contribution in [0.1, 0.15) is 61.6 Å². The second kappa shape index (κ2) is 12.4. The number of likely N-dealkylation sites (tertiary alicyclic amines) is 1. The van der Waals surface area contributed by atoms with E-state index in [2.05, 4.69) is 26.9 Å². The molecule has 2 aliphatic rings. The van der Waals surface area contributed by atoms with E-state index in [-0.39, 0.29) is 0 Å². The van der Waals surface area contributed by atoms with Gasteiger partial charge in [0.05, 0.1) is 11.1 Å². The quantitative estimate of drug-likeness (QED) is 0.218. The van der Waals surface area contributed by atoms with E-state index in [0.717, 1.165) is 54.8 Å². The highest BCUT2D eigenvalue weighted by molar-refractivity contribution is 5.85. The Labute approximate surface area is 240 Å². The van der Waals surface area contributed by atoms with Crippen LogP contribution in [-0.2, 0) is 19.3 Å². The highest BCUT2D eigenvalue weighted by Gasteiger charge is 2.31. The number of piperidine rings is 1. The van der Waals surface area contributed by atoms with Crippen LogP contribution < -0.4 is 0 Å². The van der Waals surface area contributed by atoms with E-state index in [9.17, 15) is 13.2 Å². The molecule has 0 spiro atoms. The average molecular weight is 561 g/mol. The summed E-state index contributed by atoms with van der Waals surface area (Å²) in [4.78, 5) is 9.63. The molecular weight excluding hydrogens is 521 g/mol. The topological polar surface area (TPSA) is 24.3 Å². The van der Waals surface area contributed by atoms with Crippen molar-refractivity contribution in [1.29, 1.82) is 0 Å². The normalized spacial score (nSPS) is 19.3. The second-order valence-corrected chi connectivity index (χ2v) is 11.9. The Hall–Kier alpha value is -3.16. The van der Waals surface area contributed by atoms with Crippen LogP contribution in [-0.4, -0.2) is 45.0 Å². The Bertz CT molecular complexity index is 1420. The van der Waals surface area contributed by atoms with Crippen LogP contribution in [0.2, 0.25) is 0 Å². The SMILES string of the molecule is FC(F)(F)c1cccc(-n2cc(CN(Cc3cccnc3)CC3CCCN(C4CCCCC4)C3)c3ccccc32)c1. The molecule has 41 heavy (non-hydrogen) atoms. The summed E-state index contributed by atoms with van der Waals surface area (Å²) in [6, 6.07) is 18.5. The van der Waals surface area contributed by atoms with E-state index >= 15 is 0 Å². The lowest BCUT2D eigenvalue weighted by atomic mass is 9.90. The highest BCUT2D eigenvalue weighted by Crippen LogP contribution is 2.33. The predicted octanol–water partition coefficient (Wildman–Crippen LogP) is 8.09. The molecule has 1 atom stereocenters. The average Bonchev–Trinajstić information content (AvgIpc) is 3.36. The number of nitrogens with zero attached hydrogens (tertiary/aromatic N) is 4. The first-order chi connectivity index (χ1) is 19.9. The first-order valence-corrected chi connectivity index (χ1v) is 15.1. The molecule has 0 bridgehead atoms. The fraction of sp³-hybridized carbons (Fsp3) is 0.441. The van der Waals surface area contributed by atoms with Crippen LogP contribution >= 0.6 is 0 Å².